The molecule has 0 spiro atoms. The number of nitrogens with two attached hydrogens (primary N) is 1. The average molecular weight is 687 g/mol. The summed E-state index contributed by atoms with van der Waals surface area (Å²) < 4.78 is 22.0. The van der Waals surface area contributed by atoms with Gasteiger partial charge in [-0.15, -0.1) is 0 Å². The second kappa shape index (κ2) is 34.8. The number of amides is 1. The fraction of sp³-hybridized carbons (Fsp3) is 0.868. The van der Waals surface area contributed by atoms with E-state index in [-0.39, 0.29) is 25.7 Å². The summed E-state index contributed by atoms with van der Waals surface area (Å²) in [5, 5.41) is 13.6. The summed E-state index contributed by atoms with van der Waals surface area (Å²) in [5.41, 5.74) is 5.35. The zero-order valence-corrected chi connectivity index (χ0v) is 31.4. The maximum Gasteiger partial charge on any atom is 0.472 e. The first kappa shape index (κ1) is 46.0. The van der Waals surface area contributed by atoms with Crippen LogP contribution in [0, 0.1) is 0 Å². The minimum Gasteiger partial charge on any atom is -0.387 e. The van der Waals surface area contributed by atoms with Gasteiger partial charge in [0.05, 0.1) is 25.4 Å². The van der Waals surface area contributed by atoms with E-state index in [1.54, 1.807) is 6.08 Å². The summed E-state index contributed by atoms with van der Waals surface area (Å²) in [6, 6.07) is -0.860. The first-order valence-corrected chi connectivity index (χ1v) is 21.0. The van der Waals surface area contributed by atoms with E-state index < -0.39 is 20.0 Å². The van der Waals surface area contributed by atoms with Crippen LogP contribution < -0.4 is 11.1 Å². The molecule has 0 saturated carbocycles. The average Bonchev–Trinajstić information content (AvgIpc) is 3.05. The molecule has 278 valence electrons. The van der Waals surface area contributed by atoms with E-state index in [4.69, 9.17) is 14.8 Å². The van der Waals surface area contributed by atoms with Crippen LogP contribution in [0.1, 0.15) is 181 Å². The summed E-state index contributed by atoms with van der Waals surface area (Å²) in [6.07, 6.45) is 38.0. The lowest BCUT2D eigenvalue weighted by Gasteiger charge is -2.23. The van der Waals surface area contributed by atoms with Crippen LogP contribution in [-0.2, 0) is 18.4 Å². The monoisotopic (exact) mass is 687 g/mol. The van der Waals surface area contributed by atoms with Gasteiger partial charge in [-0.25, -0.2) is 4.57 Å². The van der Waals surface area contributed by atoms with Crippen LogP contribution >= 0.6 is 7.82 Å². The number of rotatable bonds is 36. The Balaban J connectivity index is 4.25. The van der Waals surface area contributed by atoms with E-state index in [1.165, 1.54) is 96.3 Å². The Morgan fingerprint density at radius 1 is 0.681 bits per heavy atom. The molecule has 0 radical (unpaired) electrons. The Bertz CT molecular complexity index is 794. The zero-order valence-electron chi connectivity index (χ0n) is 30.5. The van der Waals surface area contributed by atoms with Crippen LogP contribution in [0.4, 0.5) is 0 Å². The zero-order chi connectivity index (χ0) is 34.7. The predicted molar refractivity (Wildman–Crippen MR) is 198 cm³/mol. The topological polar surface area (TPSA) is 131 Å². The number of phosphoric acid groups is 1. The lowest BCUT2D eigenvalue weighted by Crippen LogP contribution is -2.45. The molecule has 9 heteroatoms. The Morgan fingerprint density at radius 3 is 1.66 bits per heavy atom. The van der Waals surface area contributed by atoms with E-state index in [0.29, 0.717) is 6.42 Å². The highest BCUT2D eigenvalue weighted by atomic mass is 31.2. The highest BCUT2D eigenvalue weighted by Gasteiger charge is 2.26. The third kappa shape index (κ3) is 33.3. The lowest BCUT2D eigenvalue weighted by molar-refractivity contribution is -0.123. The second-order valence-electron chi connectivity index (χ2n) is 13.1. The molecule has 0 aromatic rings. The van der Waals surface area contributed by atoms with Crippen LogP contribution in [0.5, 0.6) is 0 Å². The van der Waals surface area contributed by atoms with Crippen molar-refractivity contribution in [1.29, 1.82) is 0 Å². The van der Waals surface area contributed by atoms with Crippen molar-refractivity contribution in [3.63, 3.8) is 0 Å². The van der Waals surface area contributed by atoms with Gasteiger partial charge in [0, 0.05) is 13.0 Å². The number of carbonyl (C=O) groups is 1. The molecule has 0 aromatic heterocycles. The summed E-state index contributed by atoms with van der Waals surface area (Å²) >= 11 is 0. The smallest absolute Gasteiger partial charge is 0.387 e. The maximum atomic E-state index is 12.6. The van der Waals surface area contributed by atoms with Gasteiger partial charge in [0.25, 0.3) is 0 Å². The minimum absolute atomic E-state index is 0.0777. The summed E-state index contributed by atoms with van der Waals surface area (Å²) in [5.74, 6) is -0.206. The molecule has 0 aliphatic rings. The molecule has 8 nitrogen and oxygen atoms in total. The van der Waals surface area contributed by atoms with Crippen molar-refractivity contribution in [1.82, 2.24) is 5.32 Å². The van der Waals surface area contributed by atoms with Crippen LogP contribution in [0.15, 0.2) is 24.3 Å². The highest BCUT2D eigenvalue weighted by Crippen LogP contribution is 2.43. The molecule has 5 N–H and O–H groups in total. The van der Waals surface area contributed by atoms with Gasteiger partial charge >= 0.3 is 7.82 Å². The van der Waals surface area contributed by atoms with Crippen molar-refractivity contribution in [2.24, 2.45) is 5.73 Å². The Kier molecular flexibility index (Phi) is 34.1. The van der Waals surface area contributed by atoms with E-state index in [0.717, 1.165) is 64.2 Å². The van der Waals surface area contributed by atoms with E-state index in [1.807, 2.05) is 6.08 Å². The molecule has 0 rings (SSSR count). The van der Waals surface area contributed by atoms with Crippen molar-refractivity contribution >= 4 is 13.7 Å². The van der Waals surface area contributed by atoms with Gasteiger partial charge in [-0.2, -0.15) is 0 Å². The maximum absolute atomic E-state index is 12.6. The number of aliphatic hydroxyl groups excluding tert-OH is 1. The number of hydrogen-bond acceptors (Lipinski definition) is 6. The number of aliphatic hydroxyl groups is 1. The molecule has 3 atom stereocenters. The van der Waals surface area contributed by atoms with Gasteiger partial charge in [0.1, 0.15) is 0 Å². The van der Waals surface area contributed by atoms with Gasteiger partial charge < -0.3 is 21.1 Å². The van der Waals surface area contributed by atoms with E-state index in [9.17, 15) is 19.4 Å². The molecule has 0 bridgehead atoms. The van der Waals surface area contributed by atoms with Crippen molar-refractivity contribution in [2.75, 3.05) is 19.8 Å². The number of allylic oxidation sites excluding steroid dienone is 3. The molecular formula is C38H75N2O6P. The highest BCUT2D eigenvalue weighted by molar-refractivity contribution is 7.47. The molecule has 0 heterocycles. The first-order chi connectivity index (χ1) is 22.9. The standard InChI is InChI=1S/C38H75N2O6P/c1-3-5-7-9-11-13-15-16-17-18-19-20-21-22-23-25-27-29-31-37(41)36(35-46-47(43,44)45-34-33-39)40-38(42)32-30-28-26-24-14-12-10-8-6-4-2/h8,10,29,31,36-37,41H,3-7,9,11-28,30,32-35,39H2,1-2H3,(H,40,42)(H,43,44)/b10-8-,31-29+. The quantitative estimate of drug-likeness (QED) is 0.0293. The van der Waals surface area contributed by atoms with Crippen molar-refractivity contribution in [3.05, 3.63) is 24.3 Å². The molecule has 0 aromatic carbocycles. The fourth-order valence-electron chi connectivity index (χ4n) is 5.54. The summed E-state index contributed by atoms with van der Waals surface area (Å²) in [6.45, 7) is 4.06. The predicted octanol–water partition coefficient (Wildman–Crippen LogP) is 10.2. The molecule has 0 saturated heterocycles. The molecule has 0 aliphatic heterocycles. The second-order valence-corrected chi connectivity index (χ2v) is 14.6. The van der Waals surface area contributed by atoms with Crippen molar-refractivity contribution in [2.45, 2.75) is 193 Å². The summed E-state index contributed by atoms with van der Waals surface area (Å²) in [7, 11) is -4.33. The third-order valence-electron chi connectivity index (χ3n) is 8.50. The van der Waals surface area contributed by atoms with Crippen LogP contribution in [-0.4, -0.2) is 47.8 Å². The molecule has 0 fully saturated rings. The normalized spacial score (nSPS) is 14.6. The molecule has 1 amide bonds. The van der Waals surface area contributed by atoms with Gasteiger partial charge in [-0.1, -0.05) is 160 Å². The number of unbranched alkanes of at least 4 members (excludes halogenated alkanes) is 22. The van der Waals surface area contributed by atoms with Crippen LogP contribution in [0.25, 0.3) is 0 Å². The SMILES string of the molecule is CCC/C=C\CCCCCCCC(=O)NC(COP(=O)(O)OCCN)C(O)/C=C/CCCCCCCCCCCCCCCCCC. The first-order valence-electron chi connectivity index (χ1n) is 19.5. The van der Waals surface area contributed by atoms with Gasteiger partial charge in [0.2, 0.25) is 5.91 Å². The molecule has 3 unspecified atom stereocenters. The van der Waals surface area contributed by atoms with Crippen LogP contribution in [0.3, 0.4) is 0 Å². The number of nitrogens with one attached hydrogen (secondary N) is 1. The fourth-order valence-corrected chi connectivity index (χ4v) is 6.30. The Hall–Kier alpha value is -1.02. The summed E-state index contributed by atoms with van der Waals surface area (Å²) in [4.78, 5) is 22.5. The largest absolute Gasteiger partial charge is 0.472 e. The van der Waals surface area contributed by atoms with Crippen molar-refractivity contribution < 1.29 is 28.4 Å². The Labute approximate surface area is 289 Å². The van der Waals surface area contributed by atoms with Gasteiger partial charge in [-0.05, 0) is 38.5 Å². The van der Waals surface area contributed by atoms with Gasteiger partial charge in [-0.3, -0.25) is 13.8 Å². The molecule has 0 aliphatic carbocycles. The van der Waals surface area contributed by atoms with E-state index >= 15 is 0 Å². The molecular weight excluding hydrogens is 611 g/mol. The number of hydrogen-bond donors (Lipinski definition) is 4. The van der Waals surface area contributed by atoms with Crippen LogP contribution in [0.2, 0.25) is 0 Å². The van der Waals surface area contributed by atoms with E-state index in [2.05, 4.69) is 31.3 Å². The van der Waals surface area contributed by atoms with Gasteiger partial charge in [0.15, 0.2) is 0 Å². The molecule has 47 heavy (non-hydrogen) atoms. The number of carbonyl (C=O) groups excluding carboxylic acids is 1. The minimum atomic E-state index is -4.33. The third-order valence-corrected chi connectivity index (χ3v) is 9.49. The Morgan fingerprint density at radius 2 is 1.15 bits per heavy atom. The lowest BCUT2D eigenvalue weighted by atomic mass is 10.0. The number of phosphoric ester groups is 1. The van der Waals surface area contributed by atoms with Crippen molar-refractivity contribution in [3.8, 4) is 0 Å².